The van der Waals surface area contributed by atoms with Gasteiger partial charge in [0.15, 0.2) is 6.10 Å². The average molecular weight is 811 g/mol. The van der Waals surface area contributed by atoms with Crippen LogP contribution in [0.3, 0.4) is 0 Å². The monoisotopic (exact) mass is 811 g/mol. The Morgan fingerprint density at radius 1 is 0.345 bits per heavy atom. The maximum atomic E-state index is 12.7. The summed E-state index contributed by atoms with van der Waals surface area (Å²) in [5.41, 5.74) is 0. The highest BCUT2D eigenvalue weighted by Gasteiger charge is 2.19. The number of carbonyl (C=O) groups is 3. The molecule has 0 aromatic rings. The highest BCUT2D eigenvalue weighted by atomic mass is 16.6. The van der Waals surface area contributed by atoms with Crippen LogP contribution in [0.25, 0.3) is 0 Å². The van der Waals surface area contributed by atoms with Crippen molar-refractivity contribution >= 4 is 17.9 Å². The van der Waals surface area contributed by atoms with E-state index in [1.165, 1.54) is 77.0 Å². The molecule has 58 heavy (non-hydrogen) atoms. The van der Waals surface area contributed by atoms with Gasteiger partial charge in [-0.05, 0) is 103 Å². The first-order valence-electron chi connectivity index (χ1n) is 24.3. The fraction of sp³-hybridized carbons (Fsp3) is 0.750. The SMILES string of the molecule is CCC/C=C\C/C=C\CCCCCCCC(=O)OC(COC(=O)CCCCCCC/C=C\C/C=C\CCCCC)COC(=O)CCCCCCC/C=C\CCCCC. The van der Waals surface area contributed by atoms with E-state index in [1.807, 2.05) is 0 Å². The maximum Gasteiger partial charge on any atom is 0.306 e. The van der Waals surface area contributed by atoms with Crippen LogP contribution in [0.2, 0.25) is 0 Å². The molecule has 6 nitrogen and oxygen atoms in total. The third-order valence-electron chi connectivity index (χ3n) is 10.2. The first kappa shape index (κ1) is 55.1. The largest absolute Gasteiger partial charge is 0.462 e. The Hall–Kier alpha value is -2.89. The number of esters is 3. The third-order valence-corrected chi connectivity index (χ3v) is 10.2. The van der Waals surface area contributed by atoms with Crippen LogP contribution in [0.5, 0.6) is 0 Å². The quantitative estimate of drug-likeness (QED) is 0.0264. The van der Waals surface area contributed by atoms with E-state index >= 15 is 0 Å². The first-order chi connectivity index (χ1) is 28.5. The van der Waals surface area contributed by atoms with Gasteiger partial charge >= 0.3 is 17.9 Å². The fourth-order valence-corrected chi connectivity index (χ4v) is 6.50. The van der Waals surface area contributed by atoms with E-state index in [9.17, 15) is 14.4 Å². The lowest BCUT2D eigenvalue weighted by molar-refractivity contribution is -0.167. The molecule has 0 amide bonds. The van der Waals surface area contributed by atoms with Gasteiger partial charge in [0.2, 0.25) is 0 Å². The van der Waals surface area contributed by atoms with Crippen molar-refractivity contribution in [1.29, 1.82) is 0 Å². The lowest BCUT2D eigenvalue weighted by Crippen LogP contribution is -2.30. The van der Waals surface area contributed by atoms with E-state index in [0.717, 1.165) is 116 Å². The van der Waals surface area contributed by atoms with E-state index < -0.39 is 6.10 Å². The molecule has 0 radical (unpaired) electrons. The van der Waals surface area contributed by atoms with Gasteiger partial charge < -0.3 is 14.2 Å². The topological polar surface area (TPSA) is 78.9 Å². The molecular weight excluding hydrogens is 721 g/mol. The second-order valence-electron chi connectivity index (χ2n) is 16.0. The lowest BCUT2D eigenvalue weighted by Gasteiger charge is -2.18. The number of ether oxygens (including phenoxy) is 3. The van der Waals surface area contributed by atoms with Crippen LogP contribution < -0.4 is 0 Å². The molecule has 0 N–H and O–H groups in total. The molecule has 0 bridgehead atoms. The van der Waals surface area contributed by atoms with Crippen LogP contribution in [-0.4, -0.2) is 37.2 Å². The van der Waals surface area contributed by atoms with Crippen LogP contribution in [0.1, 0.15) is 233 Å². The van der Waals surface area contributed by atoms with Crippen molar-refractivity contribution in [2.45, 2.75) is 239 Å². The summed E-state index contributed by atoms with van der Waals surface area (Å²) in [6, 6.07) is 0. The van der Waals surface area contributed by atoms with Gasteiger partial charge in [-0.1, -0.05) is 171 Å². The standard InChI is InChI=1S/C52H90O6/c1-4-7-10-13-16-19-22-25-26-28-30-33-36-39-42-45-51(54)57-48-49(47-56-50(53)44-41-38-35-32-29-24-21-18-15-12-9-6-3)58-52(55)46-43-40-37-34-31-27-23-20-17-14-11-8-5-2/h11,14,16,18-21,23,25-26,49H,4-10,12-13,15,17,22,24,27-48H2,1-3H3/b14-11-,19-16-,21-18-,23-20-,26-25-. The summed E-state index contributed by atoms with van der Waals surface area (Å²) in [5.74, 6) is -0.927. The minimum Gasteiger partial charge on any atom is -0.462 e. The van der Waals surface area contributed by atoms with Gasteiger partial charge in [0.1, 0.15) is 13.2 Å². The molecule has 0 heterocycles. The van der Waals surface area contributed by atoms with Crippen molar-refractivity contribution in [2.75, 3.05) is 13.2 Å². The van der Waals surface area contributed by atoms with Crippen molar-refractivity contribution in [2.24, 2.45) is 0 Å². The maximum absolute atomic E-state index is 12.7. The van der Waals surface area contributed by atoms with Gasteiger partial charge in [0.05, 0.1) is 0 Å². The van der Waals surface area contributed by atoms with Crippen LogP contribution in [0, 0.1) is 0 Å². The summed E-state index contributed by atoms with van der Waals surface area (Å²) in [7, 11) is 0. The zero-order valence-electron chi connectivity index (χ0n) is 38.0. The lowest BCUT2D eigenvalue weighted by atomic mass is 10.1. The Morgan fingerprint density at radius 2 is 0.655 bits per heavy atom. The molecule has 0 aromatic carbocycles. The Bertz CT molecular complexity index is 1070. The summed E-state index contributed by atoms with van der Waals surface area (Å²) in [6.07, 6.45) is 56.2. The summed E-state index contributed by atoms with van der Waals surface area (Å²) >= 11 is 0. The molecule has 0 aliphatic rings. The molecule has 0 aliphatic heterocycles. The van der Waals surface area contributed by atoms with Gasteiger partial charge in [-0.15, -0.1) is 0 Å². The Kier molecular flexibility index (Phi) is 44.5. The summed E-state index contributed by atoms with van der Waals surface area (Å²) in [6.45, 7) is 6.48. The first-order valence-corrected chi connectivity index (χ1v) is 24.3. The molecule has 0 spiro atoms. The Labute approximate surface area is 358 Å². The smallest absolute Gasteiger partial charge is 0.306 e. The molecule has 0 fully saturated rings. The third kappa shape index (κ3) is 44.2. The summed E-state index contributed by atoms with van der Waals surface area (Å²) in [4.78, 5) is 37.8. The van der Waals surface area contributed by atoms with E-state index in [1.54, 1.807) is 0 Å². The second kappa shape index (κ2) is 46.8. The zero-order valence-corrected chi connectivity index (χ0v) is 38.0. The average Bonchev–Trinajstić information content (AvgIpc) is 3.22. The van der Waals surface area contributed by atoms with E-state index in [0.29, 0.717) is 19.3 Å². The molecule has 1 unspecified atom stereocenters. The van der Waals surface area contributed by atoms with Gasteiger partial charge in [-0.25, -0.2) is 0 Å². The number of hydrogen-bond donors (Lipinski definition) is 0. The predicted molar refractivity (Wildman–Crippen MR) is 247 cm³/mol. The van der Waals surface area contributed by atoms with Gasteiger partial charge in [0.25, 0.3) is 0 Å². The minimum atomic E-state index is -0.788. The second-order valence-corrected chi connectivity index (χ2v) is 16.0. The number of rotatable bonds is 43. The van der Waals surface area contributed by atoms with Crippen LogP contribution in [-0.2, 0) is 28.6 Å². The van der Waals surface area contributed by atoms with Crippen molar-refractivity contribution in [3.8, 4) is 0 Å². The normalized spacial score (nSPS) is 12.5. The van der Waals surface area contributed by atoms with E-state index in [4.69, 9.17) is 14.2 Å². The molecule has 0 rings (SSSR count). The predicted octanol–water partition coefficient (Wildman–Crippen LogP) is 15.7. The van der Waals surface area contributed by atoms with Crippen LogP contribution in [0.15, 0.2) is 60.8 Å². The molecule has 0 saturated heterocycles. The van der Waals surface area contributed by atoms with E-state index in [-0.39, 0.29) is 31.1 Å². The number of unbranched alkanes of at least 4 members (excludes halogenated alkanes) is 22. The van der Waals surface area contributed by atoms with Crippen molar-refractivity contribution in [1.82, 2.24) is 0 Å². The van der Waals surface area contributed by atoms with Crippen molar-refractivity contribution in [3.05, 3.63) is 60.8 Å². The van der Waals surface area contributed by atoms with Gasteiger partial charge in [-0.2, -0.15) is 0 Å². The van der Waals surface area contributed by atoms with Gasteiger partial charge in [0, 0.05) is 19.3 Å². The number of allylic oxidation sites excluding steroid dienone is 10. The minimum absolute atomic E-state index is 0.0892. The highest BCUT2D eigenvalue weighted by molar-refractivity contribution is 5.71. The summed E-state index contributed by atoms with van der Waals surface area (Å²) < 4.78 is 16.7. The molecule has 0 saturated carbocycles. The number of carbonyl (C=O) groups excluding carboxylic acids is 3. The zero-order chi connectivity index (χ0) is 42.3. The molecular formula is C52H90O6. The molecule has 334 valence electrons. The Balaban J connectivity index is 4.43. The van der Waals surface area contributed by atoms with Crippen LogP contribution >= 0.6 is 0 Å². The molecule has 6 heteroatoms. The van der Waals surface area contributed by atoms with Crippen molar-refractivity contribution < 1.29 is 28.6 Å². The van der Waals surface area contributed by atoms with E-state index in [2.05, 4.69) is 81.5 Å². The molecule has 0 aromatic heterocycles. The van der Waals surface area contributed by atoms with Crippen molar-refractivity contribution in [3.63, 3.8) is 0 Å². The highest BCUT2D eigenvalue weighted by Crippen LogP contribution is 2.13. The molecule has 0 aliphatic carbocycles. The summed E-state index contributed by atoms with van der Waals surface area (Å²) in [5, 5.41) is 0. The Morgan fingerprint density at radius 3 is 1.03 bits per heavy atom. The fourth-order valence-electron chi connectivity index (χ4n) is 6.50. The molecule has 1 atom stereocenters. The van der Waals surface area contributed by atoms with Gasteiger partial charge in [-0.3, -0.25) is 14.4 Å². The number of hydrogen-bond acceptors (Lipinski definition) is 6. The van der Waals surface area contributed by atoms with Crippen LogP contribution in [0.4, 0.5) is 0 Å².